The molecule has 1 aromatic rings. The zero-order valence-electron chi connectivity index (χ0n) is 8.92. The fourth-order valence-corrected chi connectivity index (χ4v) is 1.79. The third-order valence-corrected chi connectivity index (χ3v) is 3.20. The minimum absolute atomic E-state index is 0.136. The molecule has 0 nitrogen and oxygen atoms in total. The Morgan fingerprint density at radius 1 is 1.08 bits per heavy atom. The molecule has 13 heavy (non-hydrogen) atoms. The van der Waals surface area contributed by atoms with Gasteiger partial charge in [-0.2, -0.15) is 10.5 Å². The smallest absolute Gasteiger partial charge is 0.000872 e. The Balaban J connectivity index is 3.01. The summed E-state index contributed by atoms with van der Waals surface area (Å²) in [6.45, 7) is 6.70. The largest absolute Gasteiger partial charge is 0.165 e. The first-order valence-corrected chi connectivity index (χ1v) is 6.27. The Morgan fingerprint density at radius 2 is 1.54 bits per heavy atom. The topological polar surface area (TPSA) is 0 Å². The molecule has 72 valence electrons. The molecule has 1 aromatic carbocycles. The minimum Gasteiger partial charge on any atom is -0.165 e. The van der Waals surface area contributed by atoms with Crippen molar-refractivity contribution < 1.29 is 0 Å². The van der Waals surface area contributed by atoms with E-state index in [-0.39, 0.29) is 15.9 Å². The molecule has 1 atom stereocenters. The standard InChI is InChI=1S/C12H18S/c1-12(2,3)10-6-8-11(9-7-10)13(4)5/h6-9H,4H2,1-3,5H3. The van der Waals surface area contributed by atoms with Gasteiger partial charge < -0.3 is 0 Å². The van der Waals surface area contributed by atoms with Gasteiger partial charge in [0.25, 0.3) is 0 Å². The van der Waals surface area contributed by atoms with Crippen molar-refractivity contribution in [3.05, 3.63) is 29.8 Å². The average Bonchev–Trinajstić information content (AvgIpc) is 2.03. The van der Waals surface area contributed by atoms with Crippen molar-refractivity contribution in [3.63, 3.8) is 0 Å². The van der Waals surface area contributed by atoms with E-state index in [0.29, 0.717) is 0 Å². The summed E-state index contributed by atoms with van der Waals surface area (Å²) in [6.07, 6.45) is 2.14. The molecule has 1 unspecified atom stereocenters. The van der Waals surface area contributed by atoms with Crippen LogP contribution in [0.25, 0.3) is 0 Å². The maximum absolute atomic E-state index is 4.03. The Labute approximate surface area is 83.9 Å². The van der Waals surface area contributed by atoms with Crippen molar-refractivity contribution >= 4 is 16.4 Å². The zero-order chi connectivity index (χ0) is 10.1. The van der Waals surface area contributed by atoms with Gasteiger partial charge in [-0.15, -0.1) is 0 Å². The molecule has 1 heteroatoms. The maximum Gasteiger partial charge on any atom is 0.000872 e. The Morgan fingerprint density at radius 3 is 1.85 bits per heavy atom. The maximum atomic E-state index is 4.03. The predicted octanol–water partition coefficient (Wildman–Crippen LogP) is 3.67. The van der Waals surface area contributed by atoms with E-state index in [1.54, 1.807) is 0 Å². The van der Waals surface area contributed by atoms with E-state index >= 15 is 0 Å². The summed E-state index contributed by atoms with van der Waals surface area (Å²) in [6, 6.07) is 8.81. The molecule has 1 rings (SSSR count). The molecule has 0 aliphatic carbocycles. The SMILES string of the molecule is C=S(C)c1ccc(C(C)(C)C)cc1. The monoisotopic (exact) mass is 194 g/mol. The van der Waals surface area contributed by atoms with Crippen molar-refractivity contribution in [1.82, 2.24) is 0 Å². The van der Waals surface area contributed by atoms with Crippen molar-refractivity contribution in [2.75, 3.05) is 6.26 Å². The first-order chi connectivity index (χ1) is 5.91. The molecular weight excluding hydrogens is 176 g/mol. The highest BCUT2D eigenvalue weighted by molar-refractivity contribution is 8.13. The van der Waals surface area contributed by atoms with Crippen LogP contribution < -0.4 is 0 Å². The van der Waals surface area contributed by atoms with Crippen LogP contribution in [0.5, 0.6) is 0 Å². The highest BCUT2D eigenvalue weighted by atomic mass is 32.2. The first-order valence-electron chi connectivity index (χ1n) is 4.47. The summed E-state index contributed by atoms with van der Waals surface area (Å²) in [7, 11) is 0.136. The molecule has 0 aliphatic heterocycles. The van der Waals surface area contributed by atoms with Gasteiger partial charge in [0.2, 0.25) is 0 Å². The lowest BCUT2D eigenvalue weighted by Crippen LogP contribution is -2.10. The van der Waals surface area contributed by atoms with Gasteiger partial charge in [-0.3, -0.25) is 0 Å². The molecular formula is C12H18S. The molecule has 0 radical (unpaired) electrons. The van der Waals surface area contributed by atoms with Crippen molar-refractivity contribution in [3.8, 4) is 0 Å². The molecule has 0 saturated carbocycles. The summed E-state index contributed by atoms with van der Waals surface area (Å²) < 4.78 is 0. The van der Waals surface area contributed by atoms with E-state index in [9.17, 15) is 0 Å². The number of hydrogen-bond donors (Lipinski definition) is 0. The van der Waals surface area contributed by atoms with Crippen LogP contribution in [-0.4, -0.2) is 12.1 Å². The van der Waals surface area contributed by atoms with E-state index < -0.39 is 0 Å². The van der Waals surface area contributed by atoms with Crippen molar-refractivity contribution in [2.24, 2.45) is 0 Å². The summed E-state index contributed by atoms with van der Waals surface area (Å²) >= 11 is 0. The van der Waals surface area contributed by atoms with Gasteiger partial charge in [0, 0.05) is 4.90 Å². The number of rotatable bonds is 1. The highest BCUT2D eigenvalue weighted by Gasteiger charge is 2.12. The average molecular weight is 194 g/mol. The fraction of sp³-hybridized carbons (Fsp3) is 0.417. The summed E-state index contributed by atoms with van der Waals surface area (Å²) in [5, 5.41) is 0. The first kappa shape index (κ1) is 10.5. The minimum atomic E-state index is 0.136. The van der Waals surface area contributed by atoms with Gasteiger partial charge in [0.1, 0.15) is 0 Å². The lowest BCUT2D eigenvalue weighted by atomic mass is 9.87. The molecule has 0 N–H and O–H groups in total. The highest BCUT2D eigenvalue weighted by Crippen LogP contribution is 2.26. The Hall–Kier alpha value is -0.560. The van der Waals surface area contributed by atoms with Gasteiger partial charge in [-0.05, 0) is 29.4 Å². The van der Waals surface area contributed by atoms with Crippen molar-refractivity contribution in [1.29, 1.82) is 0 Å². The summed E-state index contributed by atoms with van der Waals surface area (Å²) in [5.41, 5.74) is 1.65. The van der Waals surface area contributed by atoms with Crippen LogP contribution in [0.4, 0.5) is 0 Å². The van der Waals surface area contributed by atoms with Crippen LogP contribution >= 0.6 is 10.5 Å². The van der Waals surface area contributed by atoms with Gasteiger partial charge in [0.05, 0.1) is 0 Å². The molecule has 0 spiro atoms. The van der Waals surface area contributed by atoms with Crippen LogP contribution in [0, 0.1) is 0 Å². The normalized spacial score (nSPS) is 14.2. The van der Waals surface area contributed by atoms with E-state index in [2.05, 4.69) is 57.2 Å². The molecule has 0 aromatic heterocycles. The summed E-state index contributed by atoms with van der Waals surface area (Å²) in [5.74, 6) is 4.03. The Kier molecular flexibility index (Phi) is 2.97. The lowest BCUT2D eigenvalue weighted by molar-refractivity contribution is 0.590. The fourth-order valence-electron chi connectivity index (χ4n) is 1.19. The predicted molar refractivity (Wildman–Crippen MR) is 64.0 cm³/mol. The van der Waals surface area contributed by atoms with E-state index in [1.807, 2.05) is 0 Å². The second kappa shape index (κ2) is 3.67. The Bertz CT molecular complexity index is 301. The quantitative estimate of drug-likeness (QED) is 0.598. The van der Waals surface area contributed by atoms with Crippen molar-refractivity contribution in [2.45, 2.75) is 31.1 Å². The number of hydrogen-bond acceptors (Lipinski definition) is 0. The molecule has 0 amide bonds. The van der Waals surface area contributed by atoms with Crippen LogP contribution in [0.2, 0.25) is 0 Å². The van der Waals surface area contributed by atoms with E-state index in [1.165, 1.54) is 10.5 Å². The van der Waals surface area contributed by atoms with Crippen LogP contribution in [0.15, 0.2) is 29.2 Å². The second-order valence-corrected chi connectivity index (χ2v) is 6.16. The van der Waals surface area contributed by atoms with Crippen LogP contribution in [0.1, 0.15) is 26.3 Å². The van der Waals surface area contributed by atoms with Gasteiger partial charge in [0.15, 0.2) is 0 Å². The molecule has 0 saturated heterocycles. The molecule has 0 bridgehead atoms. The van der Waals surface area contributed by atoms with Crippen LogP contribution in [-0.2, 0) is 5.41 Å². The van der Waals surface area contributed by atoms with E-state index in [0.717, 1.165) is 0 Å². The molecule has 0 fully saturated rings. The molecule has 0 aliphatic rings. The van der Waals surface area contributed by atoms with E-state index in [4.69, 9.17) is 0 Å². The second-order valence-electron chi connectivity index (χ2n) is 4.41. The van der Waals surface area contributed by atoms with Gasteiger partial charge in [-0.1, -0.05) is 38.8 Å². The van der Waals surface area contributed by atoms with Gasteiger partial charge in [-0.25, -0.2) is 0 Å². The third kappa shape index (κ3) is 2.70. The van der Waals surface area contributed by atoms with Gasteiger partial charge >= 0.3 is 0 Å². The zero-order valence-corrected chi connectivity index (χ0v) is 9.74. The molecule has 0 heterocycles. The third-order valence-electron chi connectivity index (χ3n) is 2.12. The summed E-state index contributed by atoms with van der Waals surface area (Å²) in [4.78, 5) is 1.34. The van der Waals surface area contributed by atoms with Crippen LogP contribution in [0.3, 0.4) is 0 Å². The lowest BCUT2D eigenvalue weighted by Gasteiger charge is -2.19. The number of benzene rings is 1.